The van der Waals surface area contributed by atoms with E-state index in [1.165, 1.54) is 30.5 Å². The summed E-state index contributed by atoms with van der Waals surface area (Å²) in [4.78, 5) is 2.40. The number of aryl methyl sites for hydroxylation is 1. The summed E-state index contributed by atoms with van der Waals surface area (Å²) in [6, 6.07) is 6.94. The van der Waals surface area contributed by atoms with Gasteiger partial charge in [0, 0.05) is 6.04 Å². The predicted molar refractivity (Wildman–Crippen MR) is 69.4 cm³/mol. The van der Waals surface area contributed by atoms with Gasteiger partial charge in [0.15, 0.2) is 0 Å². The molecule has 2 aliphatic rings. The summed E-state index contributed by atoms with van der Waals surface area (Å²) in [6.07, 6.45) is 6.16. The number of fused-ring (bicyclic) bond motifs is 3. The Labute approximate surface area is 103 Å². The van der Waals surface area contributed by atoms with E-state index in [4.69, 9.17) is 10.5 Å². The second kappa shape index (κ2) is 4.22. The lowest BCUT2D eigenvalue weighted by atomic mass is 9.88. The monoisotopic (exact) mass is 232 g/mol. The Balaban J connectivity index is 2.08. The largest absolute Gasteiger partial charge is 0.495 e. The van der Waals surface area contributed by atoms with Crippen LogP contribution in [-0.2, 0) is 6.42 Å². The van der Waals surface area contributed by atoms with E-state index < -0.39 is 0 Å². The van der Waals surface area contributed by atoms with Crippen LogP contribution in [0.3, 0.4) is 0 Å². The summed E-state index contributed by atoms with van der Waals surface area (Å²) < 4.78 is 5.51. The minimum Gasteiger partial charge on any atom is -0.495 e. The maximum absolute atomic E-state index is 6.30. The summed E-state index contributed by atoms with van der Waals surface area (Å²) in [5, 5.41) is 0. The maximum Gasteiger partial charge on any atom is 0.142 e. The smallest absolute Gasteiger partial charge is 0.142 e. The van der Waals surface area contributed by atoms with E-state index in [-0.39, 0.29) is 6.17 Å². The van der Waals surface area contributed by atoms with Gasteiger partial charge >= 0.3 is 0 Å². The lowest BCUT2D eigenvalue weighted by Crippen LogP contribution is -2.53. The Bertz CT molecular complexity index is 404. The number of methoxy groups -OCH3 is 1. The molecule has 1 fully saturated rings. The van der Waals surface area contributed by atoms with E-state index in [9.17, 15) is 0 Å². The Hall–Kier alpha value is -1.22. The van der Waals surface area contributed by atoms with Crippen LogP contribution < -0.4 is 15.4 Å². The summed E-state index contributed by atoms with van der Waals surface area (Å²) in [5.74, 6) is 0.976. The third kappa shape index (κ3) is 1.69. The Kier molecular flexibility index (Phi) is 2.71. The molecule has 17 heavy (non-hydrogen) atoms. The van der Waals surface area contributed by atoms with Gasteiger partial charge in [-0.2, -0.15) is 0 Å². The maximum atomic E-state index is 6.30. The molecule has 0 amide bonds. The highest BCUT2D eigenvalue weighted by atomic mass is 16.5. The summed E-state index contributed by atoms with van der Waals surface area (Å²) in [7, 11) is 1.74. The van der Waals surface area contributed by atoms with Crippen molar-refractivity contribution >= 4 is 5.69 Å². The third-order valence-corrected chi connectivity index (χ3v) is 4.10. The quantitative estimate of drug-likeness (QED) is 0.807. The molecule has 0 radical (unpaired) electrons. The van der Waals surface area contributed by atoms with Crippen LogP contribution in [0, 0.1) is 0 Å². The lowest BCUT2D eigenvalue weighted by Gasteiger charge is -2.46. The number of ether oxygens (including phenoxy) is 1. The van der Waals surface area contributed by atoms with Gasteiger partial charge in [0.25, 0.3) is 0 Å². The number of piperidine rings is 1. The molecule has 2 heterocycles. The standard InChI is InChI=1S/C14H20N2O/c1-17-12-6-2-4-10-8-9-11-5-3-7-13(15)16(11)14(10)12/h2,4,6,11,13H,3,5,7-9,15H2,1H3. The molecule has 0 aromatic heterocycles. The molecule has 0 spiro atoms. The van der Waals surface area contributed by atoms with Gasteiger partial charge in [-0.15, -0.1) is 0 Å². The van der Waals surface area contributed by atoms with E-state index >= 15 is 0 Å². The fourth-order valence-corrected chi connectivity index (χ4v) is 3.29. The van der Waals surface area contributed by atoms with Crippen LogP contribution in [0.25, 0.3) is 0 Å². The number of benzene rings is 1. The molecule has 2 unspecified atom stereocenters. The van der Waals surface area contributed by atoms with Crippen LogP contribution in [-0.4, -0.2) is 19.3 Å². The summed E-state index contributed by atoms with van der Waals surface area (Å²) in [6.45, 7) is 0. The Morgan fingerprint density at radius 3 is 3.00 bits per heavy atom. The first-order valence-electron chi connectivity index (χ1n) is 6.51. The molecule has 1 aromatic rings. The number of rotatable bonds is 1. The second-order valence-electron chi connectivity index (χ2n) is 5.07. The van der Waals surface area contributed by atoms with Gasteiger partial charge in [-0.05, 0) is 43.7 Å². The van der Waals surface area contributed by atoms with Crippen LogP contribution in [0.15, 0.2) is 18.2 Å². The molecule has 3 nitrogen and oxygen atoms in total. The van der Waals surface area contributed by atoms with E-state index in [2.05, 4.69) is 17.0 Å². The van der Waals surface area contributed by atoms with E-state index in [1.807, 2.05) is 6.07 Å². The van der Waals surface area contributed by atoms with Crippen LogP contribution >= 0.6 is 0 Å². The van der Waals surface area contributed by atoms with Crippen molar-refractivity contribution in [2.24, 2.45) is 5.73 Å². The third-order valence-electron chi connectivity index (χ3n) is 4.10. The van der Waals surface area contributed by atoms with Gasteiger partial charge in [-0.3, -0.25) is 0 Å². The number of hydrogen-bond acceptors (Lipinski definition) is 3. The zero-order valence-corrected chi connectivity index (χ0v) is 10.4. The SMILES string of the molecule is COc1cccc2c1N1C(N)CCCC1CC2. The van der Waals surface area contributed by atoms with E-state index in [1.54, 1.807) is 7.11 Å². The number of hydrogen-bond donors (Lipinski definition) is 1. The zero-order valence-electron chi connectivity index (χ0n) is 10.4. The van der Waals surface area contributed by atoms with Crippen LogP contribution in [0.4, 0.5) is 5.69 Å². The fraction of sp³-hybridized carbons (Fsp3) is 0.571. The van der Waals surface area contributed by atoms with E-state index in [0.29, 0.717) is 6.04 Å². The van der Waals surface area contributed by atoms with Crippen LogP contribution in [0.2, 0.25) is 0 Å². The van der Waals surface area contributed by atoms with Crippen LogP contribution in [0.5, 0.6) is 5.75 Å². The van der Waals surface area contributed by atoms with Crippen molar-refractivity contribution in [3.05, 3.63) is 23.8 Å². The van der Waals surface area contributed by atoms with Gasteiger partial charge in [-0.25, -0.2) is 0 Å². The van der Waals surface area contributed by atoms with Gasteiger partial charge < -0.3 is 15.4 Å². The lowest BCUT2D eigenvalue weighted by molar-refractivity contribution is 0.348. The minimum atomic E-state index is 0.157. The Morgan fingerprint density at radius 2 is 2.18 bits per heavy atom. The normalized spacial score (nSPS) is 27.3. The molecule has 0 saturated carbocycles. The molecule has 3 heteroatoms. The highest BCUT2D eigenvalue weighted by molar-refractivity contribution is 5.66. The van der Waals surface area contributed by atoms with Gasteiger partial charge in [0.2, 0.25) is 0 Å². The Morgan fingerprint density at radius 1 is 1.29 bits per heavy atom. The molecule has 92 valence electrons. The van der Waals surface area contributed by atoms with Crippen LogP contribution in [0.1, 0.15) is 31.2 Å². The van der Waals surface area contributed by atoms with Crippen molar-refractivity contribution in [2.45, 2.75) is 44.3 Å². The molecule has 0 aliphatic carbocycles. The molecule has 2 aliphatic heterocycles. The molecule has 2 N–H and O–H groups in total. The predicted octanol–water partition coefficient (Wildman–Crippen LogP) is 2.29. The molecule has 1 saturated heterocycles. The first-order valence-corrected chi connectivity index (χ1v) is 6.51. The highest BCUT2D eigenvalue weighted by Gasteiger charge is 2.34. The highest BCUT2D eigenvalue weighted by Crippen LogP contribution is 2.42. The molecule has 2 atom stereocenters. The van der Waals surface area contributed by atoms with Gasteiger partial charge in [0.1, 0.15) is 5.75 Å². The average Bonchev–Trinajstić information content (AvgIpc) is 2.38. The average molecular weight is 232 g/mol. The molecular weight excluding hydrogens is 212 g/mol. The second-order valence-corrected chi connectivity index (χ2v) is 5.07. The minimum absolute atomic E-state index is 0.157. The van der Waals surface area contributed by atoms with Crippen molar-refractivity contribution in [1.29, 1.82) is 0 Å². The molecule has 1 aromatic carbocycles. The van der Waals surface area contributed by atoms with Crippen molar-refractivity contribution < 1.29 is 4.74 Å². The molecule has 0 bridgehead atoms. The van der Waals surface area contributed by atoms with Crippen molar-refractivity contribution in [3.63, 3.8) is 0 Å². The summed E-state index contributed by atoms with van der Waals surface area (Å²) >= 11 is 0. The first kappa shape index (κ1) is 10.9. The van der Waals surface area contributed by atoms with Crippen molar-refractivity contribution in [1.82, 2.24) is 0 Å². The first-order chi connectivity index (χ1) is 8.31. The number of anilines is 1. The van der Waals surface area contributed by atoms with Crippen molar-refractivity contribution in [2.75, 3.05) is 12.0 Å². The van der Waals surface area contributed by atoms with Crippen molar-refractivity contribution in [3.8, 4) is 5.75 Å². The topological polar surface area (TPSA) is 38.5 Å². The van der Waals surface area contributed by atoms with E-state index in [0.717, 1.165) is 18.6 Å². The number of nitrogens with zero attached hydrogens (tertiary/aromatic N) is 1. The fourth-order valence-electron chi connectivity index (χ4n) is 3.29. The number of nitrogens with two attached hydrogens (primary N) is 1. The van der Waals surface area contributed by atoms with Gasteiger partial charge in [0.05, 0.1) is 19.0 Å². The zero-order chi connectivity index (χ0) is 11.8. The molecular formula is C14H20N2O. The number of para-hydroxylation sites is 1. The molecule has 3 rings (SSSR count). The summed E-state index contributed by atoms with van der Waals surface area (Å²) in [5.41, 5.74) is 8.93. The van der Waals surface area contributed by atoms with Gasteiger partial charge in [-0.1, -0.05) is 12.1 Å².